The summed E-state index contributed by atoms with van der Waals surface area (Å²) in [6.45, 7) is 2.56. The molecular formula is C11H19N3O2. The molecule has 90 valence electrons. The Morgan fingerprint density at radius 1 is 1.44 bits per heavy atom. The lowest BCUT2D eigenvalue weighted by atomic mass is 10.3. The highest BCUT2D eigenvalue weighted by Crippen LogP contribution is 2.18. The van der Waals surface area contributed by atoms with Gasteiger partial charge in [0.25, 0.3) is 0 Å². The van der Waals surface area contributed by atoms with Crippen LogP contribution in [0.4, 0.5) is 0 Å². The van der Waals surface area contributed by atoms with E-state index < -0.39 is 0 Å². The van der Waals surface area contributed by atoms with Crippen LogP contribution >= 0.6 is 0 Å². The first kappa shape index (κ1) is 11.4. The molecule has 0 spiro atoms. The summed E-state index contributed by atoms with van der Waals surface area (Å²) in [7, 11) is 0. The van der Waals surface area contributed by atoms with Gasteiger partial charge in [-0.05, 0) is 12.8 Å². The molecule has 2 rings (SSSR count). The van der Waals surface area contributed by atoms with E-state index in [0.29, 0.717) is 38.5 Å². The van der Waals surface area contributed by atoms with E-state index in [1.54, 1.807) is 4.90 Å². The molecule has 0 aromatic heterocycles. The zero-order valence-corrected chi connectivity index (χ0v) is 9.50. The molecule has 0 unspecified atom stereocenters. The van der Waals surface area contributed by atoms with Crippen LogP contribution in [-0.4, -0.2) is 48.9 Å². The number of nitrogens with one attached hydrogen (secondary N) is 2. The van der Waals surface area contributed by atoms with Gasteiger partial charge in [0.05, 0.1) is 0 Å². The molecule has 0 radical (unpaired) electrons. The molecule has 0 bridgehead atoms. The summed E-state index contributed by atoms with van der Waals surface area (Å²) >= 11 is 0. The van der Waals surface area contributed by atoms with E-state index in [2.05, 4.69) is 10.6 Å². The molecule has 5 nitrogen and oxygen atoms in total. The Balaban J connectivity index is 1.67. The predicted molar refractivity (Wildman–Crippen MR) is 59.8 cm³/mol. The minimum absolute atomic E-state index is 0.0476. The van der Waals surface area contributed by atoms with Gasteiger partial charge in [0.1, 0.15) is 0 Å². The average Bonchev–Trinajstić information content (AvgIpc) is 3.06. The topological polar surface area (TPSA) is 61.4 Å². The van der Waals surface area contributed by atoms with Gasteiger partial charge >= 0.3 is 0 Å². The van der Waals surface area contributed by atoms with Crippen molar-refractivity contribution in [1.29, 1.82) is 0 Å². The van der Waals surface area contributed by atoms with E-state index in [1.807, 2.05) is 0 Å². The van der Waals surface area contributed by atoms with E-state index in [4.69, 9.17) is 0 Å². The van der Waals surface area contributed by atoms with E-state index >= 15 is 0 Å². The summed E-state index contributed by atoms with van der Waals surface area (Å²) in [5.74, 6) is 0.205. The molecule has 5 heteroatoms. The second kappa shape index (κ2) is 5.30. The van der Waals surface area contributed by atoms with Gasteiger partial charge in [0.15, 0.2) is 0 Å². The first-order valence-electron chi connectivity index (χ1n) is 6.03. The molecule has 1 aliphatic carbocycles. The highest BCUT2D eigenvalue weighted by Gasteiger charge is 2.22. The maximum atomic E-state index is 11.8. The second-order valence-corrected chi connectivity index (χ2v) is 4.46. The van der Waals surface area contributed by atoms with Crippen LogP contribution in [0, 0.1) is 0 Å². The average molecular weight is 225 g/mol. The molecule has 1 saturated heterocycles. The summed E-state index contributed by atoms with van der Waals surface area (Å²) in [4.78, 5) is 24.7. The number of nitrogens with zero attached hydrogens (tertiary/aromatic N) is 1. The molecule has 2 fully saturated rings. The molecule has 1 saturated carbocycles. The van der Waals surface area contributed by atoms with Gasteiger partial charge in [-0.1, -0.05) is 0 Å². The summed E-state index contributed by atoms with van der Waals surface area (Å²) < 4.78 is 0. The van der Waals surface area contributed by atoms with Gasteiger partial charge in [0.2, 0.25) is 11.8 Å². The van der Waals surface area contributed by atoms with E-state index in [1.165, 1.54) is 12.8 Å². The fourth-order valence-corrected chi connectivity index (χ4v) is 1.85. The molecule has 1 heterocycles. The molecule has 1 aliphatic heterocycles. The lowest BCUT2D eigenvalue weighted by molar-refractivity contribution is -0.130. The van der Waals surface area contributed by atoms with Crippen LogP contribution in [0.2, 0.25) is 0 Å². The molecule has 0 aromatic rings. The lowest BCUT2D eigenvalue weighted by Crippen LogP contribution is -2.36. The fourth-order valence-electron chi connectivity index (χ4n) is 1.85. The Labute approximate surface area is 95.6 Å². The standard InChI is InChI=1S/C11H19N3O2/c15-10-4-7-14(8-6-13-10)11(16)3-5-12-9-1-2-9/h9,12H,1-8H2,(H,13,15). The molecule has 0 atom stereocenters. The zero-order valence-electron chi connectivity index (χ0n) is 9.50. The van der Waals surface area contributed by atoms with Gasteiger partial charge in [0, 0.05) is 45.1 Å². The number of carbonyl (C=O) groups excluding carboxylic acids is 2. The largest absolute Gasteiger partial charge is 0.354 e. The van der Waals surface area contributed by atoms with Gasteiger partial charge in [-0.3, -0.25) is 9.59 Å². The van der Waals surface area contributed by atoms with Crippen molar-refractivity contribution in [2.75, 3.05) is 26.2 Å². The SMILES string of the molecule is O=C1CCN(C(=O)CCNC2CC2)CCN1. The highest BCUT2D eigenvalue weighted by atomic mass is 16.2. The molecule has 16 heavy (non-hydrogen) atoms. The molecule has 2 amide bonds. The maximum absolute atomic E-state index is 11.8. The van der Waals surface area contributed by atoms with Crippen molar-refractivity contribution in [3.05, 3.63) is 0 Å². The zero-order chi connectivity index (χ0) is 11.4. The van der Waals surface area contributed by atoms with Crippen LogP contribution < -0.4 is 10.6 Å². The minimum Gasteiger partial charge on any atom is -0.354 e. The van der Waals surface area contributed by atoms with Crippen molar-refractivity contribution in [2.45, 2.75) is 31.7 Å². The maximum Gasteiger partial charge on any atom is 0.223 e. The van der Waals surface area contributed by atoms with Crippen molar-refractivity contribution in [2.24, 2.45) is 0 Å². The van der Waals surface area contributed by atoms with Crippen molar-refractivity contribution in [3.63, 3.8) is 0 Å². The Morgan fingerprint density at radius 2 is 2.25 bits per heavy atom. The van der Waals surface area contributed by atoms with Gasteiger partial charge < -0.3 is 15.5 Å². The number of rotatable bonds is 4. The third kappa shape index (κ3) is 3.48. The van der Waals surface area contributed by atoms with Crippen LogP contribution in [0.3, 0.4) is 0 Å². The molecule has 2 N–H and O–H groups in total. The Kier molecular flexibility index (Phi) is 3.77. The van der Waals surface area contributed by atoms with Crippen molar-refractivity contribution in [1.82, 2.24) is 15.5 Å². The molecular weight excluding hydrogens is 206 g/mol. The van der Waals surface area contributed by atoms with E-state index in [-0.39, 0.29) is 11.8 Å². The van der Waals surface area contributed by atoms with E-state index in [0.717, 1.165) is 6.54 Å². The fraction of sp³-hybridized carbons (Fsp3) is 0.818. The number of hydrogen-bond acceptors (Lipinski definition) is 3. The summed E-state index contributed by atoms with van der Waals surface area (Å²) in [5, 5.41) is 6.09. The van der Waals surface area contributed by atoms with Crippen molar-refractivity contribution < 1.29 is 9.59 Å². The first-order valence-corrected chi connectivity index (χ1v) is 6.03. The van der Waals surface area contributed by atoms with E-state index in [9.17, 15) is 9.59 Å². The second-order valence-electron chi connectivity index (χ2n) is 4.46. The molecule has 2 aliphatic rings. The predicted octanol–water partition coefficient (Wildman–Crippen LogP) is -0.523. The van der Waals surface area contributed by atoms with Crippen molar-refractivity contribution in [3.8, 4) is 0 Å². The van der Waals surface area contributed by atoms with Gasteiger partial charge in [-0.15, -0.1) is 0 Å². The normalized spacial score (nSPS) is 21.5. The van der Waals surface area contributed by atoms with Crippen LogP contribution in [0.5, 0.6) is 0 Å². The molecule has 0 aromatic carbocycles. The number of hydrogen-bond donors (Lipinski definition) is 2. The summed E-state index contributed by atoms with van der Waals surface area (Å²) in [5.41, 5.74) is 0. The minimum atomic E-state index is 0.0476. The van der Waals surface area contributed by atoms with Crippen LogP contribution in [0.1, 0.15) is 25.7 Å². The van der Waals surface area contributed by atoms with Gasteiger partial charge in [-0.25, -0.2) is 0 Å². The van der Waals surface area contributed by atoms with Crippen LogP contribution in [-0.2, 0) is 9.59 Å². The smallest absolute Gasteiger partial charge is 0.223 e. The van der Waals surface area contributed by atoms with Crippen molar-refractivity contribution >= 4 is 11.8 Å². The third-order valence-electron chi connectivity index (χ3n) is 3.01. The van der Waals surface area contributed by atoms with Crippen LogP contribution in [0.25, 0.3) is 0 Å². The monoisotopic (exact) mass is 225 g/mol. The number of carbonyl (C=O) groups is 2. The third-order valence-corrected chi connectivity index (χ3v) is 3.01. The van der Waals surface area contributed by atoms with Crippen LogP contribution in [0.15, 0.2) is 0 Å². The Hall–Kier alpha value is -1.10. The quantitative estimate of drug-likeness (QED) is 0.676. The lowest BCUT2D eigenvalue weighted by Gasteiger charge is -2.19. The first-order chi connectivity index (χ1) is 7.75. The summed E-state index contributed by atoms with van der Waals surface area (Å²) in [6, 6.07) is 0.653. The number of amides is 2. The summed E-state index contributed by atoms with van der Waals surface area (Å²) in [6.07, 6.45) is 3.47. The highest BCUT2D eigenvalue weighted by molar-refractivity contribution is 5.80. The van der Waals surface area contributed by atoms with Gasteiger partial charge in [-0.2, -0.15) is 0 Å². The Morgan fingerprint density at radius 3 is 3.00 bits per heavy atom. The Bertz CT molecular complexity index is 276.